The summed E-state index contributed by atoms with van der Waals surface area (Å²) in [6.07, 6.45) is 2.50. The van der Waals surface area contributed by atoms with Gasteiger partial charge in [-0.15, -0.1) is 0 Å². The Morgan fingerprint density at radius 2 is 2.05 bits per heavy atom. The maximum atomic E-state index is 12.3. The molecule has 1 aromatic carbocycles. The predicted molar refractivity (Wildman–Crippen MR) is 79.2 cm³/mol. The van der Waals surface area contributed by atoms with Gasteiger partial charge in [0.2, 0.25) is 15.9 Å². The van der Waals surface area contributed by atoms with Crippen LogP contribution in [0.2, 0.25) is 0 Å². The van der Waals surface area contributed by atoms with Gasteiger partial charge in [0, 0.05) is 25.6 Å². The minimum absolute atomic E-state index is 0.00266. The lowest BCUT2D eigenvalue weighted by Gasteiger charge is -2.16. The first-order valence-corrected chi connectivity index (χ1v) is 8.78. The number of nitrogens with one attached hydrogen (secondary N) is 1. The number of hydrogen-bond donors (Lipinski definition) is 1. The number of carbonyl (C=O) groups is 1. The first-order valence-electron chi connectivity index (χ1n) is 7.29. The van der Waals surface area contributed by atoms with Crippen LogP contribution in [0.25, 0.3) is 0 Å². The first kappa shape index (κ1) is 15.0. The molecule has 1 N–H and O–H groups in total. The Labute approximate surface area is 129 Å². The highest BCUT2D eigenvalue weighted by molar-refractivity contribution is 7.89. The number of sulfonamides is 1. The Morgan fingerprint density at radius 3 is 2.73 bits per heavy atom. The summed E-state index contributed by atoms with van der Waals surface area (Å²) in [5.41, 5.74) is 0.122. The van der Waals surface area contributed by atoms with Crippen molar-refractivity contribution in [2.45, 2.75) is 30.2 Å². The maximum absolute atomic E-state index is 12.3. The third-order valence-corrected chi connectivity index (χ3v) is 5.57. The van der Waals surface area contributed by atoms with Crippen LogP contribution in [0, 0.1) is 17.2 Å². The quantitative estimate of drug-likeness (QED) is 0.871. The van der Waals surface area contributed by atoms with Crippen molar-refractivity contribution in [3.05, 3.63) is 29.8 Å². The smallest absolute Gasteiger partial charge is 0.241 e. The maximum Gasteiger partial charge on any atom is 0.241 e. The first-order chi connectivity index (χ1) is 10.5. The fraction of sp³-hybridized carbons (Fsp3) is 0.467. The van der Waals surface area contributed by atoms with Crippen LogP contribution in [0.15, 0.2) is 29.2 Å². The molecular formula is C15H17N3O3S. The summed E-state index contributed by atoms with van der Waals surface area (Å²) in [7, 11) is -3.73. The van der Waals surface area contributed by atoms with Gasteiger partial charge < -0.3 is 4.90 Å². The average Bonchev–Trinajstić information content (AvgIpc) is 3.28. The summed E-state index contributed by atoms with van der Waals surface area (Å²) >= 11 is 0. The normalized spacial score (nSPS) is 21.9. The van der Waals surface area contributed by atoms with E-state index in [9.17, 15) is 13.2 Å². The van der Waals surface area contributed by atoms with Crippen molar-refractivity contribution in [2.24, 2.45) is 5.92 Å². The SMILES string of the molecule is N#Cc1ccccc1S(=O)(=O)NCC1CC(=O)N(C2CC2)C1. The Hall–Kier alpha value is -1.91. The number of nitriles is 1. The molecule has 22 heavy (non-hydrogen) atoms. The van der Waals surface area contributed by atoms with E-state index >= 15 is 0 Å². The second-order valence-electron chi connectivity index (χ2n) is 5.81. The molecule has 1 unspecified atom stereocenters. The Morgan fingerprint density at radius 1 is 1.32 bits per heavy atom. The molecule has 1 heterocycles. The van der Waals surface area contributed by atoms with Gasteiger partial charge in [-0.05, 0) is 30.9 Å². The highest BCUT2D eigenvalue weighted by atomic mass is 32.2. The van der Waals surface area contributed by atoms with Crippen molar-refractivity contribution in [1.82, 2.24) is 9.62 Å². The van der Waals surface area contributed by atoms with Gasteiger partial charge in [-0.3, -0.25) is 4.79 Å². The third kappa shape index (κ3) is 2.98. The lowest BCUT2D eigenvalue weighted by atomic mass is 10.1. The summed E-state index contributed by atoms with van der Waals surface area (Å²) in [5.74, 6) is 0.112. The number of likely N-dealkylation sites (tertiary alicyclic amines) is 1. The van der Waals surface area contributed by atoms with E-state index in [0.717, 1.165) is 12.8 Å². The van der Waals surface area contributed by atoms with Crippen molar-refractivity contribution in [1.29, 1.82) is 5.26 Å². The minimum atomic E-state index is -3.73. The molecular weight excluding hydrogens is 302 g/mol. The molecule has 1 saturated carbocycles. The molecule has 1 amide bonds. The van der Waals surface area contributed by atoms with Crippen LogP contribution in [-0.4, -0.2) is 38.4 Å². The molecule has 1 atom stereocenters. The largest absolute Gasteiger partial charge is 0.339 e. The van der Waals surface area contributed by atoms with E-state index in [1.54, 1.807) is 12.1 Å². The minimum Gasteiger partial charge on any atom is -0.339 e. The molecule has 1 aliphatic carbocycles. The van der Waals surface area contributed by atoms with Crippen molar-refractivity contribution in [3.63, 3.8) is 0 Å². The van der Waals surface area contributed by atoms with Crippen LogP contribution >= 0.6 is 0 Å². The molecule has 0 spiro atoms. The van der Waals surface area contributed by atoms with Crippen LogP contribution in [-0.2, 0) is 14.8 Å². The second kappa shape index (κ2) is 5.71. The highest BCUT2D eigenvalue weighted by Gasteiger charge is 2.39. The standard InChI is InChI=1S/C15H17N3O3S/c16-8-12-3-1-2-4-14(12)22(20,21)17-9-11-7-15(19)18(10-11)13-5-6-13/h1-4,11,13,17H,5-7,9-10H2. The van der Waals surface area contributed by atoms with E-state index in [1.165, 1.54) is 12.1 Å². The van der Waals surface area contributed by atoms with Gasteiger partial charge in [0.15, 0.2) is 0 Å². The Bertz CT molecular complexity index is 735. The molecule has 2 fully saturated rings. The molecule has 1 saturated heterocycles. The summed E-state index contributed by atoms with van der Waals surface area (Å²) in [4.78, 5) is 13.7. The van der Waals surface area contributed by atoms with Crippen LogP contribution in [0.4, 0.5) is 0 Å². The summed E-state index contributed by atoms with van der Waals surface area (Å²) in [6, 6.07) is 8.36. The summed E-state index contributed by atoms with van der Waals surface area (Å²) < 4.78 is 27.2. The van der Waals surface area contributed by atoms with Gasteiger partial charge in [0.1, 0.15) is 6.07 Å². The van der Waals surface area contributed by atoms with Gasteiger partial charge >= 0.3 is 0 Å². The van der Waals surface area contributed by atoms with Crippen LogP contribution in [0.3, 0.4) is 0 Å². The number of amides is 1. The Balaban J connectivity index is 1.66. The van der Waals surface area contributed by atoms with Crippen molar-refractivity contribution >= 4 is 15.9 Å². The van der Waals surface area contributed by atoms with Gasteiger partial charge in [-0.1, -0.05) is 12.1 Å². The zero-order valence-corrected chi connectivity index (χ0v) is 12.8. The van der Waals surface area contributed by atoms with E-state index < -0.39 is 10.0 Å². The molecule has 6 nitrogen and oxygen atoms in total. The van der Waals surface area contributed by atoms with E-state index in [1.807, 2.05) is 11.0 Å². The van der Waals surface area contributed by atoms with E-state index in [0.29, 0.717) is 19.0 Å². The molecule has 116 valence electrons. The van der Waals surface area contributed by atoms with Gasteiger partial charge in [-0.25, -0.2) is 13.1 Å². The number of hydrogen-bond acceptors (Lipinski definition) is 4. The predicted octanol–water partition coefficient (Wildman–Crippen LogP) is 0.847. The van der Waals surface area contributed by atoms with E-state index in [2.05, 4.69) is 4.72 Å². The fourth-order valence-electron chi connectivity index (χ4n) is 2.78. The molecule has 0 aromatic heterocycles. The summed E-state index contributed by atoms with van der Waals surface area (Å²) in [6.45, 7) is 0.836. The van der Waals surface area contributed by atoms with Crippen molar-refractivity contribution < 1.29 is 13.2 Å². The molecule has 0 radical (unpaired) electrons. The van der Waals surface area contributed by atoms with Crippen molar-refractivity contribution in [3.8, 4) is 6.07 Å². The molecule has 0 bridgehead atoms. The van der Waals surface area contributed by atoms with Gasteiger partial charge in [0.05, 0.1) is 10.5 Å². The second-order valence-corrected chi connectivity index (χ2v) is 7.54. The van der Waals surface area contributed by atoms with E-state index in [4.69, 9.17) is 5.26 Å². The number of rotatable bonds is 5. The fourth-order valence-corrected chi connectivity index (χ4v) is 4.05. The molecule has 2 aliphatic rings. The molecule has 1 aromatic rings. The number of carbonyl (C=O) groups excluding carboxylic acids is 1. The Kier molecular flexibility index (Phi) is 3.89. The van der Waals surface area contributed by atoms with Crippen LogP contribution in [0.1, 0.15) is 24.8 Å². The van der Waals surface area contributed by atoms with Crippen LogP contribution < -0.4 is 4.72 Å². The highest BCUT2D eigenvalue weighted by Crippen LogP contribution is 2.32. The zero-order chi connectivity index (χ0) is 15.7. The molecule has 3 rings (SSSR count). The third-order valence-electron chi connectivity index (χ3n) is 4.09. The average molecular weight is 319 g/mol. The lowest BCUT2D eigenvalue weighted by Crippen LogP contribution is -2.32. The summed E-state index contributed by atoms with van der Waals surface area (Å²) in [5, 5.41) is 9.01. The molecule has 7 heteroatoms. The van der Waals surface area contributed by atoms with Crippen molar-refractivity contribution in [2.75, 3.05) is 13.1 Å². The van der Waals surface area contributed by atoms with Crippen LogP contribution in [0.5, 0.6) is 0 Å². The van der Waals surface area contributed by atoms with Gasteiger partial charge in [-0.2, -0.15) is 5.26 Å². The monoisotopic (exact) mass is 319 g/mol. The van der Waals surface area contributed by atoms with E-state index in [-0.39, 0.29) is 28.8 Å². The van der Waals surface area contributed by atoms with Gasteiger partial charge in [0.25, 0.3) is 0 Å². The number of nitrogens with zero attached hydrogens (tertiary/aromatic N) is 2. The zero-order valence-electron chi connectivity index (χ0n) is 12.0. The number of benzene rings is 1. The topological polar surface area (TPSA) is 90.3 Å². The lowest BCUT2D eigenvalue weighted by molar-refractivity contribution is -0.128. The molecule has 1 aliphatic heterocycles.